The van der Waals surface area contributed by atoms with Gasteiger partial charge < -0.3 is 4.90 Å². The van der Waals surface area contributed by atoms with Crippen LogP contribution in [0.1, 0.15) is 12.8 Å². The first-order valence-electron chi connectivity index (χ1n) is 10.1. The molecule has 0 spiro atoms. The van der Waals surface area contributed by atoms with Crippen molar-refractivity contribution in [3.05, 3.63) is 79.0 Å². The molecule has 3 nitrogen and oxygen atoms in total. The van der Waals surface area contributed by atoms with E-state index in [2.05, 4.69) is 11.1 Å². The van der Waals surface area contributed by atoms with Gasteiger partial charge in [-0.3, -0.25) is 0 Å². The van der Waals surface area contributed by atoms with Crippen molar-refractivity contribution in [3.8, 4) is 22.4 Å². The van der Waals surface area contributed by atoms with E-state index < -0.39 is 5.92 Å². The Labute approximate surface area is 174 Å². The fraction of sp³-hybridized carbons (Fsp3) is 0.200. The summed E-state index contributed by atoms with van der Waals surface area (Å²) in [6, 6.07) is 24.0. The predicted molar refractivity (Wildman–Crippen MR) is 117 cm³/mol. The molecule has 5 heteroatoms. The van der Waals surface area contributed by atoms with Crippen molar-refractivity contribution in [2.24, 2.45) is 0 Å². The highest BCUT2D eigenvalue weighted by Gasteiger charge is 2.36. The maximum Gasteiger partial charge on any atom is 0.265 e. The molecule has 1 aliphatic rings. The third kappa shape index (κ3) is 3.52. The second-order valence-corrected chi connectivity index (χ2v) is 7.70. The number of hydrogen-bond donors (Lipinski definition) is 0. The van der Waals surface area contributed by atoms with Gasteiger partial charge in [0.25, 0.3) is 5.92 Å². The average Bonchev–Trinajstić information content (AvgIpc) is 2.78. The summed E-state index contributed by atoms with van der Waals surface area (Å²) in [6.07, 6.45) is 2.04. The lowest BCUT2D eigenvalue weighted by Gasteiger charge is -2.33. The highest BCUT2D eigenvalue weighted by molar-refractivity contribution is 5.97. The van der Waals surface area contributed by atoms with Crippen LogP contribution in [-0.2, 0) is 0 Å². The van der Waals surface area contributed by atoms with Gasteiger partial charge in [0, 0.05) is 35.7 Å². The Morgan fingerprint density at radius 2 is 1.57 bits per heavy atom. The normalized spacial score (nSPS) is 16.0. The van der Waals surface area contributed by atoms with Crippen molar-refractivity contribution in [2.45, 2.75) is 18.8 Å². The summed E-state index contributed by atoms with van der Waals surface area (Å²) in [4.78, 5) is 11.1. The van der Waals surface area contributed by atoms with E-state index in [4.69, 9.17) is 4.98 Å². The maximum atomic E-state index is 14.1. The van der Waals surface area contributed by atoms with E-state index in [1.165, 1.54) is 0 Å². The standard InChI is InChI=1S/C25H21F2N3/c26-25(27)13-7-15-30(17-25)24-21-16-20(18-8-3-1-4-9-18)23(19-10-5-2-6-11-19)29-22(21)12-14-28-24/h1-6,8-12,14,16H,7,13,15,17H2. The van der Waals surface area contributed by atoms with Gasteiger partial charge in [-0.1, -0.05) is 60.7 Å². The topological polar surface area (TPSA) is 29.0 Å². The molecular formula is C25H21F2N3. The minimum atomic E-state index is -2.69. The van der Waals surface area contributed by atoms with Crippen molar-refractivity contribution in [3.63, 3.8) is 0 Å². The molecule has 0 unspecified atom stereocenters. The van der Waals surface area contributed by atoms with E-state index in [0.717, 1.165) is 33.3 Å². The molecule has 2 aromatic carbocycles. The number of piperidine rings is 1. The third-order valence-corrected chi connectivity index (χ3v) is 5.55. The Bertz CT molecular complexity index is 1180. The first-order chi connectivity index (χ1) is 14.6. The molecule has 2 aromatic heterocycles. The maximum absolute atomic E-state index is 14.1. The summed E-state index contributed by atoms with van der Waals surface area (Å²) in [5.74, 6) is -2.11. The molecule has 0 amide bonds. The first kappa shape index (κ1) is 18.7. The Morgan fingerprint density at radius 1 is 0.867 bits per heavy atom. The van der Waals surface area contributed by atoms with Crippen LogP contribution in [0, 0.1) is 0 Å². The van der Waals surface area contributed by atoms with Gasteiger partial charge in [0.1, 0.15) is 5.82 Å². The fourth-order valence-corrected chi connectivity index (χ4v) is 4.13. The second-order valence-electron chi connectivity index (χ2n) is 7.70. The van der Waals surface area contributed by atoms with Gasteiger partial charge in [-0.15, -0.1) is 0 Å². The number of alkyl halides is 2. The van der Waals surface area contributed by atoms with E-state index >= 15 is 0 Å². The van der Waals surface area contributed by atoms with Crippen LogP contribution in [0.4, 0.5) is 14.6 Å². The molecule has 0 radical (unpaired) electrons. The summed E-state index contributed by atoms with van der Waals surface area (Å²) < 4.78 is 28.2. The number of anilines is 1. The zero-order chi connectivity index (χ0) is 20.6. The lowest BCUT2D eigenvalue weighted by molar-refractivity contribution is -0.0117. The van der Waals surface area contributed by atoms with E-state index in [1.807, 2.05) is 66.7 Å². The lowest BCUT2D eigenvalue weighted by atomic mass is 9.97. The summed E-state index contributed by atoms with van der Waals surface area (Å²) in [7, 11) is 0. The molecule has 0 aliphatic carbocycles. The van der Waals surface area contributed by atoms with Crippen molar-refractivity contribution in [2.75, 3.05) is 18.0 Å². The van der Waals surface area contributed by atoms with Gasteiger partial charge in [0.2, 0.25) is 0 Å². The molecule has 30 heavy (non-hydrogen) atoms. The van der Waals surface area contributed by atoms with Crippen molar-refractivity contribution < 1.29 is 8.78 Å². The van der Waals surface area contributed by atoms with E-state index in [9.17, 15) is 8.78 Å². The first-order valence-corrected chi connectivity index (χ1v) is 10.1. The van der Waals surface area contributed by atoms with Gasteiger partial charge in [0.05, 0.1) is 17.8 Å². The third-order valence-electron chi connectivity index (χ3n) is 5.55. The summed E-state index contributed by atoms with van der Waals surface area (Å²) in [5.41, 5.74) is 4.64. The molecule has 0 atom stereocenters. The predicted octanol–water partition coefficient (Wildman–Crippen LogP) is 6.20. The van der Waals surface area contributed by atoms with Crippen molar-refractivity contribution in [1.29, 1.82) is 0 Å². The number of halogens is 2. The fourth-order valence-electron chi connectivity index (χ4n) is 4.13. The summed E-state index contributed by atoms with van der Waals surface area (Å²) in [5, 5.41) is 0.800. The van der Waals surface area contributed by atoms with Crippen LogP contribution in [0.15, 0.2) is 79.0 Å². The number of pyridine rings is 2. The molecule has 4 aromatic rings. The zero-order valence-corrected chi connectivity index (χ0v) is 16.4. The molecule has 1 saturated heterocycles. The van der Waals surface area contributed by atoms with Crippen LogP contribution in [0.2, 0.25) is 0 Å². The van der Waals surface area contributed by atoms with Crippen LogP contribution in [0.3, 0.4) is 0 Å². The SMILES string of the molecule is FC1(F)CCCN(c2nccc3nc(-c4ccccc4)c(-c4ccccc4)cc23)C1. The largest absolute Gasteiger partial charge is 0.350 e. The molecule has 3 heterocycles. The van der Waals surface area contributed by atoms with Crippen LogP contribution >= 0.6 is 0 Å². The molecule has 0 N–H and O–H groups in total. The molecule has 5 rings (SSSR count). The quantitative estimate of drug-likeness (QED) is 0.409. The van der Waals surface area contributed by atoms with Crippen molar-refractivity contribution in [1.82, 2.24) is 9.97 Å². The molecule has 1 fully saturated rings. The molecular weight excluding hydrogens is 380 g/mol. The average molecular weight is 401 g/mol. The highest BCUT2D eigenvalue weighted by Crippen LogP contribution is 2.37. The smallest absolute Gasteiger partial charge is 0.265 e. The van der Waals surface area contributed by atoms with E-state index in [-0.39, 0.29) is 13.0 Å². The number of aromatic nitrogens is 2. The van der Waals surface area contributed by atoms with Gasteiger partial charge in [-0.25, -0.2) is 18.7 Å². The number of nitrogens with zero attached hydrogens (tertiary/aromatic N) is 3. The number of fused-ring (bicyclic) bond motifs is 1. The summed E-state index contributed by atoms with van der Waals surface area (Å²) >= 11 is 0. The van der Waals surface area contributed by atoms with Crippen LogP contribution in [0.25, 0.3) is 33.3 Å². The van der Waals surface area contributed by atoms with Gasteiger partial charge in [-0.2, -0.15) is 0 Å². The van der Waals surface area contributed by atoms with E-state index in [1.54, 1.807) is 11.1 Å². The Balaban J connectivity index is 1.73. The minimum Gasteiger partial charge on any atom is -0.350 e. The van der Waals surface area contributed by atoms with Gasteiger partial charge in [0.15, 0.2) is 0 Å². The van der Waals surface area contributed by atoms with Crippen LogP contribution < -0.4 is 4.90 Å². The molecule has 150 valence electrons. The van der Waals surface area contributed by atoms with Crippen LogP contribution in [-0.4, -0.2) is 29.0 Å². The Morgan fingerprint density at radius 3 is 2.27 bits per heavy atom. The number of benzene rings is 2. The van der Waals surface area contributed by atoms with Crippen molar-refractivity contribution >= 4 is 16.7 Å². The zero-order valence-electron chi connectivity index (χ0n) is 16.4. The number of rotatable bonds is 3. The Hall–Kier alpha value is -3.34. The van der Waals surface area contributed by atoms with Gasteiger partial charge in [-0.05, 0) is 24.1 Å². The summed E-state index contributed by atoms with van der Waals surface area (Å²) in [6.45, 7) is 0.267. The molecule has 1 aliphatic heterocycles. The highest BCUT2D eigenvalue weighted by atomic mass is 19.3. The molecule has 0 bridgehead atoms. The monoisotopic (exact) mass is 401 g/mol. The van der Waals surface area contributed by atoms with Crippen LogP contribution in [0.5, 0.6) is 0 Å². The second kappa shape index (κ2) is 7.48. The minimum absolute atomic E-state index is 0.0695. The van der Waals surface area contributed by atoms with E-state index in [0.29, 0.717) is 18.8 Å². The Kier molecular flexibility index (Phi) is 4.66. The number of hydrogen-bond acceptors (Lipinski definition) is 3. The molecule has 0 saturated carbocycles. The lowest BCUT2D eigenvalue weighted by Crippen LogP contribution is -2.43. The van der Waals surface area contributed by atoms with Gasteiger partial charge >= 0.3 is 0 Å².